The van der Waals surface area contributed by atoms with E-state index in [0.29, 0.717) is 6.54 Å². The minimum Gasteiger partial charge on any atom is -0.325 e. The second kappa shape index (κ2) is 5.15. The maximum Gasteiger partial charge on any atom is 0.117 e. The van der Waals surface area contributed by atoms with Gasteiger partial charge >= 0.3 is 0 Å². The first-order valence-electron chi connectivity index (χ1n) is 6.16. The summed E-state index contributed by atoms with van der Waals surface area (Å²) in [5, 5.41) is 0. The second-order valence-electron chi connectivity index (χ2n) is 4.46. The zero-order chi connectivity index (χ0) is 13.2. The number of rotatable bonds is 3. The highest BCUT2D eigenvalue weighted by atomic mass is 79.9. The molecule has 19 heavy (non-hydrogen) atoms. The van der Waals surface area contributed by atoms with Crippen LogP contribution in [0.1, 0.15) is 17.1 Å². The fourth-order valence-electron chi connectivity index (χ4n) is 2.30. The molecule has 0 spiro atoms. The van der Waals surface area contributed by atoms with E-state index >= 15 is 0 Å². The predicted molar refractivity (Wildman–Crippen MR) is 80.0 cm³/mol. The van der Waals surface area contributed by atoms with Gasteiger partial charge in [-0.15, -0.1) is 0 Å². The molecule has 0 fully saturated rings. The molecule has 0 bridgehead atoms. The van der Waals surface area contributed by atoms with Crippen molar-refractivity contribution in [1.29, 1.82) is 0 Å². The Hall–Kier alpha value is -1.65. The monoisotopic (exact) mass is 315 g/mol. The van der Waals surface area contributed by atoms with Gasteiger partial charge in [-0.3, -0.25) is 4.40 Å². The summed E-state index contributed by atoms with van der Waals surface area (Å²) < 4.78 is 3.23. The van der Waals surface area contributed by atoms with Gasteiger partial charge in [0.05, 0.1) is 11.7 Å². The van der Waals surface area contributed by atoms with E-state index in [1.807, 2.05) is 30.5 Å². The van der Waals surface area contributed by atoms with Crippen molar-refractivity contribution in [3.05, 3.63) is 70.2 Å². The van der Waals surface area contributed by atoms with Gasteiger partial charge in [0.15, 0.2) is 0 Å². The number of aromatic nitrogens is 2. The second-order valence-corrected chi connectivity index (χ2v) is 5.38. The molecule has 0 aliphatic carbocycles. The molecule has 0 aliphatic heterocycles. The van der Waals surface area contributed by atoms with Crippen molar-refractivity contribution < 1.29 is 0 Å². The third kappa shape index (κ3) is 2.41. The lowest BCUT2D eigenvalue weighted by Gasteiger charge is -2.07. The van der Waals surface area contributed by atoms with Crippen LogP contribution in [0, 0.1) is 0 Å². The summed E-state index contributed by atoms with van der Waals surface area (Å²) in [6.07, 6.45) is 2.69. The SMILES string of the molecule is NCc1cccc2cnc(Cc3cccc(Br)c3)n12. The molecule has 0 unspecified atom stereocenters. The summed E-state index contributed by atoms with van der Waals surface area (Å²) in [5.74, 6) is 1.02. The highest BCUT2D eigenvalue weighted by Crippen LogP contribution is 2.17. The van der Waals surface area contributed by atoms with Gasteiger partial charge in [0, 0.05) is 23.1 Å². The molecule has 96 valence electrons. The Morgan fingerprint density at radius 2 is 2.00 bits per heavy atom. The molecule has 0 saturated heterocycles. The van der Waals surface area contributed by atoms with E-state index in [2.05, 4.69) is 43.5 Å². The van der Waals surface area contributed by atoms with Crippen LogP contribution >= 0.6 is 15.9 Å². The number of fused-ring (bicyclic) bond motifs is 1. The van der Waals surface area contributed by atoms with Crippen LogP contribution in [0.4, 0.5) is 0 Å². The maximum atomic E-state index is 5.81. The van der Waals surface area contributed by atoms with Gasteiger partial charge in [-0.2, -0.15) is 0 Å². The highest BCUT2D eigenvalue weighted by Gasteiger charge is 2.07. The van der Waals surface area contributed by atoms with Crippen molar-refractivity contribution in [3.8, 4) is 0 Å². The number of imidazole rings is 1. The molecule has 2 aromatic heterocycles. The van der Waals surface area contributed by atoms with E-state index in [0.717, 1.165) is 27.9 Å². The quantitative estimate of drug-likeness (QED) is 0.807. The van der Waals surface area contributed by atoms with Gasteiger partial charge in [-0.25, -0.2) is 4.98 Å². The molecule has 0 saturated carbocycles. The Bertz CT molecular complexity index is 718. The molecule has 3 rings (SSSR count). The number of hydrogen-bond acceptors (Lipinski definition) is 2. The van der Waals surface area contributed by atoms with Crippen LogP contribution in [-0.2, 0) is 13.0 Å². The Labute approximate surface area is 120 Å². The summed E-state index contributed by atoms with van der Waals surface area (Å²) in [7, 11) is 0. The van der Waals surface area contributed by atoms with E-state index in [1.54, 1.807) is 0 Å². The third-order valence-electron chi connectivity index (χ3n) is 3.17. The topological polar surface area (TPSA) is 43.3 Å². The number of halogens is 1. The summed E-state index contributed by atoms with van der Waals surface area (Å²) in [6.45, 7) is 0.513. The van der Waals surface area contributed by atoms with Crippen molar-refractivity contribution >= 4 is 21.4 Å². The Morgan fingerprint density at radius 1 is 1.16 bits per heavy atom. The van der Waals surface area contributed by atoms with Crippen molar-refractivity contribution in [1.82, 2.24) is 9.38 Å². The summed E-state index contributed by atoms with van der Waals surface area (Å²) in [6, 6.07) is 14.4. The minimum absolute atomic E-state index is 0.513. The van der Waals surface area contributed by atoms with Crippen LogP contribution < -0.4 is 5.73 Å². The fraction of sp³-hybridized carbons (Fsp3) is 0.133. The van der Waals surface area contributed by atoms with E-state index in [9.17, 15) is 0 Å². The number of pyridine rings is 1. The molecule has 1 aromatic carbocycles. The van der Waals surface area contributed by atoms with Gasteiger partial charge in [-0.1, -0.05) is 34.1 Å². The van der Waals surface area contributed by atoms with Crippen molar-refractivity contribution in [2.24, 2.45) is 5.73 Å². The van der Waals surface area contributed by atoms with Crippen LogP contribution in [0.2, 0.25) is 0 Å². The Morgan fingerprint density at radius 3 is 2.79 bits per heavy atom. The first-order chi connectivity index (χ1) is 9.28. The number of nitrogens with zero attached hydrogens (tertiary/aromatic N) is 2. The van der Waals surface area contributed by atoms with E-state index in [4.69, 9.17) is 5.73 Å². The predicted octanol–water partition coefficient (Wildman–Crippen LogP) is 3.15. The highest BCUT2D eigenvalue weighted by molar-refractivity contribution is 9.10. The number of nitrogens with two attached hydrogens (primary N) is 1. The van der Waals surface area contributed by atoms with Crippen LogP contribution in [0.15, 0.2) is 53.1 Å². The van der Waals surface area contributed by atoms with Crippen molar-refractivity contribution in [2.75, 3.05) is 0 Å². The minimum atomic E-state index is 0.513. The van der Waals surface area contributed by atoms with Gasteiger partial charge in [0.1, 0.15) is 5.82 Å². The maximum absolute atomic E-state index is 5.81. The lowest BCUT2D eigenvalue weighted by atomic mass is 10.1. The van der Waals surface area contributed by atoms with Gasteiger partial charge in [-0.05, 0) is 29.8 Å². The van der Waals surface area contributed by atoms with E-state index in [1.165, 1.54) is 5.56 Å². The Balaban J connectivity index is 2.06. The zero-order valence-electron chi connectivity index (χ0n) is 10.4. The van der Waals surface area contributed by atoms with Crippen LogP contribution in [0.3, 0.4) is 0 Å². The Kier molecular flexibility index (Phi) is 3.36. The average molecular weight is 316 g/mol. The van der Waals surface area contributed by atoms with Crippen molar-refractivity contribution in [3.63, 3.8) is 0 Å². The van der Waals surface area contributed by atoms with Crippen molar-refractivity contribution in [2.45, 2.75) is 13.0 Å². The average Bonchev–Trinajstić information content (AvgIpc) is 2.82. The number of benzene rings is 1. The van der Waals surface area contributed by atoms with E-state index < -0.39 is 0 Å². The standard InChI is InChI=1S/C15H14BrN3/c16-12-4-1-3-11(7-12)8-15-18-10-14-6-2-5-13(9-17)19(14)15/h1-7,10H,8-9,17H2. The fourth-order valence-corrected chi connectivity index (χ4v) is 2.75. The van der Waals surface area contributed by atoms with Crippen LogP contribution in [0.5, 0.6) is 0 Å². The number of hydrogen-bond donors (Lipinski definition) is 1. The molecular weight excluding hydrogens is 302 g/mol. The zero-order valence-corrected chi connectivity index (χ0v) is 12.0. The molecule has 3 aromatic rings. The molecule has 0 radical (unpaired) electrons. The molecule has 0 aliphatic rings. The normalized spacial score (nSPS) is 11.1. The molecular formula is C15H14BrN3. The molecule has 3 nitrogen and oxygen atoms in total. The van der Waals surface area contributed by atoms with E-state index in [-0.39, 0.29) is 0 Å². The first kappa shape index (κ1) is 12.4. The van der Waals surface area contributed by atoms with Gasteiger partial charge < -0.3 is 5.73 Å². The largest absolute Gasteiger partial charge is 0.325 e. The molecule has 2 N–H and O–H groups in total. The molecule has 4 heteroatoms. The summed E-state index contributed by atoms with van der Waals surface area (Å²) >= 11 is 3.50. The summed E-state index contributed by atoms with van der Waals surface area (Å²) in [5.41, 5.74) is 9.21. The molecule has 0 atom stereocenters. The molecule has 2 heterocycles. The summed E-state index contributed by atoms with van der Waals surface area (Å²) in [4.78, 5) is 4.52. The molecule has 0 amide bonds. The lowest BCUT2D eigenvalue weighted by molar-refractivity contribution is 0.876. The van der Waals surface area contributed by atoms with Gasteiger partial charge in [0.25, 0.3) is 0 Å². The lowest BCUT2D eigenvalue weighted by Crippen LogP contribution is -2.06. The third-order valence-corrected chi connectivity index (χ3v) is 3.66. The van der Waals surface area contributed by atoms with Crippen LogP contribution in [-0.4, -0.2) is 9.38 Å². The first-order valence-corrected chi connectivity index (χ1v) is 6.96. The van der Waals surface area contributed by atoms with Crippen LogP contribution in [0.25, 0.3) is 5.52 Å². The van der Waals surface area contributed by atoms with Gasteiger partial charge in [0.2, 0.25) is 0 Å². The smallest absolute Gasteiger partial charge is 0.117 e.